The molecule has 1 atom stereocenters. The van der Waals surface area contributed by atoms with Crippen LogP contribution in [0.15, 0.2) is 29.8 Å². The number of ether oxygens (including phenoxy) is 1. The molecule has 0 amide bonds. The third-order valence-electron chi connectivity index (χ3n) is 3.86. The van der Waals surface area contributed by atoms with Crippen molar-refractivity contribution in [2.45, 2.75) is 45.6 Å². The molecule has 0 bridgehead atoms. The van der Waals surface area contributed by atoms with Crippen LogP contribution in [0.1, 0.15) is 49.8 Å². The molecule has 0 heterocycles. The van der Waals surface area contributed by atoms with E-state index in [0.29, 0.717) is 6.04 Å². The van der Waals surface area contributed by atoms with Gasteiger partial charge in [-0.25, -0.2) is 0 Å². The van der Waals surface area contributed by atoms with Crippen molar-refractivity contribution < 1.29 is 4.74 Å². The molecule has 1 aromatic rings. The Morgan fingerprint density at radius 3 is 2.74 bits per heavy atom. The Kier molecular flexibility index (Phi) is 5.03. The first-order valence-electron chi connectivity index (χ1n) is 7.33. The lowest BCUT2D eigenvalue weighted by Crippen LogP contribution is -2.23. The minimum Gasteiger partial charge on any atom is -0.496 e. The van der Waals surface area contributed by atoms with E-state index in [0.717, 1.165) is 12.3 Å². The van der Waals surface area contributed by atoms with Gasteiger partial charge in [0.1, 0.15) is 5.75 Å². The molecule has 19 heavy (non-hydrogen) atoms. The predicted molar refractivity (Wildman–Crippen MR) is 80.7 cm³/mol. The van der Waals surface area contributed by atoms with Crippen LogP contribution in [0.5, 0.6) is 5.75 Å². The van der Waals surface area contributed by atoms with Crippen molar-refractivity contribution in [2.75, 3.05) is 13.7 Å². The molecule has 0 aliphatic heterocycles. The molecular formula is C17H25NO. The molecule has 2 heteroatoms. The minimum atomic E-state index is 0.370. The van der Waals surface area contributed by atoms with Gasteiger partial charge < -0.3 is 10.1 Å². The molecular weight excluding hydrogens is 234 g/mol. The summed E-state index contributed by atoms with van der Waals surface area (Å²) in [5.41, 5.74) is 4.12. The van der Waals surface area contributed by atoms with Crippen LogP contribution in [0.3, 0.4) is 0 Å². The second-order valence-electron chi connectivity index (χ2n) is 5.24. The summed E-state index contributed by atoms with van der Waals surface area (Å²) in [5, 5.41) is 3.62. The second-order valence-corrected chi connectivity index (χ2v) is 5.24. The maximum atomic E-state index is 5.35. The third-order valence-corrected chi connectivity index (χ3v) is 3.86. The fourth-order valence-electron chi connectivity index (χ4n) is 2.87. The smallest absolute Gasteiger partial charge is 0.121 e. The van der Waals surface area contributed by atoms with Crippen LogP contribution < -0.4 is 10.1 Å². The molecule has 0 radical (unpaired) electrons. The van der Waals surface area contributed by atoms with Gasteiger partial charge >= 0.3 is 0 Å². The molecule has 2 nitrogen and oxygen atoms in total. The van der Waals surface area contributed by atoms with Gasteiger partial charge in [-0.1, -0.05) is 30.7 Å². The van der Waals surface area contributed by atoms with Crippen molar-refractivity contribution in [3.05, 3.63) is 41.0 Å². The van der Waals surface area contributed by atoms with Crippen LogP contribution in [0.25, 0.3) is 0 Å². The molecule has 1 unspecified atom stereocenters. The Morgan fingerprint density at radius 1 is 1.32 bits per heavy atom. The van der Waals surface area contributed by atoms with E-state index in [1.807, 2.05) is 0 Å². The van der Waals surface area contributed by atoms with Crippen LogP contribution in [0, 0.1) is 6.92 Å². The molecule has 1 aliphatic carbocycles. The second kappa shape index (κ2) is 6.76. The predicted octanol–water partition coefficient (Wildman–Crippen LogP) is 4.15. The van der Waals surface area contributed by atoms with Crippen molar-refractivity contribution in [3.63, 3.8) is 0 Å². The van der Waals surface area contributed by atoms with Gasteiger partial charge in [0.05, 0.1) is 13.2 Å². The van der Waals surface area contributed by atoms with Crippen molar-refractivity contribution >= 4 is 0 Å². The fraction of sp³-hybridized carbons (Fsp3) is 0.529. The third kappa shape index (κ3) is 3.38. The molecule has 0 fully saturated rings. The lowest BCUT2D eigenvalue weighted by Gasteiger charge is -2.25. The van der Waals surface area contributed by atoms with Gasteiger partial charge in [0.15, 0.2) is 0 Å². The van der Waals surface area contributed by atoms with Gasteiger partial charge in [-0.3, -0.25) is 0 Å². The first-order chi connectivity index (χ1) is 9.26. The lowest BCUT2D eigenvalue weighted by atomic mass is 9.89. The molecule has 1 N–H and O–H groups in total. The van der Waals surface area contributed by atoms with E-state index in [1.54, 1.807) is 12.7 Å². The standard InChI is InChI=1S/C17H25NO/c1-4-18-17(14-8-6-5-7-9-14)15-10-11-16(19-3)13(2)12-15/h8,10-12,17-18H,4-7,9H2,1-3H3. The lowest BCUT2D eigenvalue weighted by molar-refractivity contribution is 0.411. The summed E-state index contributed by atoms with van der Waals surface area (Å²) < 4.78 is 5.35. The van der Waals surface area contributed by atoms with Crippen molar-refractivity contribution in [2.24, 2.45) is 0 Å². The highest BCUT2D eigenvalue weighted by molar-refractivity contribution is 5.40. The number of hydrogen-bond donors (Lipinski definition) is 1. The van der Waals surface area contributed by atoms with Crippen LogP contribution in [0.2, 0.25) is 0 Å². The summed E-state index contributed by atoms with van der Waals surface area (Å²) in [7, 11) is 1.73. The molecule has 0 saturated carbocycles. The molecule has 104 valence electrons. The maximum Gasteiger partial charge on any atom is 0.121 e. The van der Waals surface area contributed by atoms with Gasteiger partial charge in [0.25, 0.3) is 0 Å². The monoisotopic (exact) mass is 259 g/mol. The molecule has 0 saturated heterocycles. The normalized spacial score (nSPS) is 16.9. The first kappa shape index (κ1) is 14.1. The fourth-order valence-corrected chi connectivity index (χ4v) is 2.87. The average Bonchev–Trinajstić information content (AvgIpc) is 2.45. The van der Waals surface area contributed by atoms with E-state index in [4.69, 9.17) is 4.74 Å². The number of hydrogen-bond acceptors (Lipinski definition) is 2. The van der Waals surface area contributed by atoms with Gasteiger partial charge in [-0.2, -0.15) is 0 Å². The zero-order chi connectivity index (χ0) is 13.7. The number of likely N-dealkylation sites (N-methyl/N-ethyl adjacent to an activating group) is 1. The van der Waals surface area contributed by atoms with Gasteiger partial charge in [-0.15, -0.1) is 0 Å². The van der Waals surface area contributed by atoms with Gasteiger partial charge in [-0.05, 0) is 56.3 Å². The summed E-state index contributed by atoms with van der Waals surface area (Å²) in [6.45, 7) is 5.28. The van der Waals surface area contributed by atoms with Gasteiger partial charge in [0.2, 0.25) is 0 Å². The quantitative estimate of drug-likeness (QED) is 0.802. The van der Waals surface area contributed by atoms with Crippen LogP contribution in [0.4, 0.5) is 0 Å². The maximum absolute atomic E-state index is 5.35. The van der Waals surface area contributed by atoms with E-state index < -0.39 is 0 Å². The molecule has 0 spiro atoms. The molecule has 1 aliphatic rings. The number of methoxy groups -OCH3 is 1. The number of nitrogens with one attached hydrogen (secondary N) is 1. The van der Waals surface area contributed by atoms with Gasteiger partial charge in [0, 0.05) is 0 Å². The Labute approximate surface area is 116 Å². The zero-order valence-electron chi connectivity index (χ0n) is 12.3. The van der Waals surface area contributed by atoms with E-state index in [9.17, 15) is 0 Å². The number of rotatable bonds is 5. The first-order valence-corrected chi connectivity index (χ1v) is 7.33. The highest BCUT2D eigenvalue weighted by atomic mass is 16.5. The summed E-state index contributed by atoms with van der Waals surface area (Å²) in [6, 6.07) is 6.89. The Balaban J connectivity index is 2.27. The van der Waals surface area contributed by atoms with E-state index >= 15 is 0 Å². The summed E-state index contributed by atoms with van der Waals surface area (Å²) in [5.74, 6) is 0.969. The summed E-state index contributed by atoms with van der Waals surface area (Å²) >= 11 is 0. The van der Waals surface area contributed by atoms with Crippen molar-refractivity contribution in [1.29, 1.82) is 0 Å². The summed E-state index contributed by atoms with van der Waals surface area (Å²) in [6.07, 6.45) is 7.54. The minimum absolute atomic E-state index is 0.370. The highest BCUT2D eigenvalue weighted by Gasteiger charge is 2.17. The summed E-state index contributed by atoms with van der Waals surface area (Å²) in [4.78, 5) is 0. The number of aryl methyl sites for hydroxylation is 1. The largest absolute Gasteiger partial charge is 0.496 e. The van der Waals surface area contributed by atoms with Crippen molar-refractivity contribution in [1.82, 2.24) is 5.32 Å². The SMILES string of the molecule is CCNC(C1=CCCCC1)c1ccc(OC)c(C)c1. The average molecular weight is 259 g/mol. The van der Waals surface area contributed by atoms with Crippen LogP contribution >= 0.6 is 0 Å². The Bertz CT molecular complexity index is 451. The number of benzene rings is 1. The zero-order valence-corrected chi connectivity index (χ0v) is 12.3. The molecule has 0 aromatic heterocycles. The van der Waals surface area contributed by atoms with Crippen molar-refractivity contribution in [3.8, 4) is 5.75 Å². The molecule has 1 aromatic carbocycles. The molecule has 2 rings (SSSR count). The van der Waals surface area contributed by atoms with Crippen LogP contribution in [-0.4, -0.2) is 13.7 Å². The van der Waals surface area contributed by atoms with E-state index in [1.165, 1.54) is 36.8 Å². The van der Waals surface area contributed by atoms with Crippen LogP contribution in [-0.2, 0) is 0 Å². The number of allylic oxidation sites excluding steroid dienone is 1. The van der Waals surface area contributed by atoms with E-state index in [-0.39, 0.29) is 0 Å². The highest BCUT2D eigenvalue weighted by Crippen LogP contribution is 2.31. The van der Waals surface area contributed by atoms with E-state index in [2.05, 4.69) is 43.4 Å². The topological polar surface area (TPSA) is 21.3 Å². The Hall–Kier alpha value is -1.28. The Morgan fingerprint density at radius 2 is 2.16 bits per heavy atom.